The van der Waals surface area contributed by atoms with Gasteiger partial charge in [-0.2, -0.15) is 0 Å². The molecule has 1 aromatic rings. The lowest BCUT2D eigenvalue weighted by atomic mass is 9.79. The monoisotopic (exact) mass is 396 g/mol. The average Bonchev–Trinajstić information content (AvgIpc) is 2.74. The molecule has 1 aliphatic heterocycles. The Morgan fingerprint density at radius 1 is 1.00 bits per heavy atom. The van der Waals surface area contributed by atoms with E-state index in [1.165, 1.54) is 12.3 Å². The smallest absolute Gasteiger partial charge is 0.506 e. The molecule has 7 nitrogen and oxygen atoms in total. The van der Waals surface area contributed by atoms with Crippen LogP contribution in [-0.2, 0) is 9.59 Å². The molecule has 0 aromatic carbocycles. The second kappa shape index (κ2) is 6.27. The number of hydrogen-bond acceptors (Lipinski definition) is 5. The van der Waals surface area contributed by atoms with Crippen molar-refractivity contribution in [2.24, 2.45) is 5.41 Å². The van der Waals surface area contributed by atoms with E-state index in [0.29, 0.717) is 22.4 Å². The molecule has 2 aliphatic rings. The van der Waals surface area contributed by atoms with Crippen molar-refractivity contribution < 1.29 is 19.1 Å². The van der Waals surface area contributed by atoms with Gasteiger partial charge >= 0.3 is 5.84 Å². The maximum absolute atomic E-state index is 12.8. The summed E-state index contributed by atoms with van der Waals surface area (Å²) in [5.41, 5.74) is -0.455. The largest absolute Gasteiger partial charge is 0.618 e. The Morgan fingerprint density at radius 2 is 1.62 bits per heavy atom. The summed E-state index contributed by atoms with van der Waals surface area (Å²) in [7, 11) is 0. The molecule has 0 bridgehead atoms. The number of ketones is 2. The van der Waals surface area contributed by atoms with E-state index >= 15 is 0 Å². The van der Waals surface area contributed by atoms with Crippen molar-refractivity contribution in [2.75, 3.05) is 0 Å². The zero-order chi connectivity index (χ0) is 21.9. The van der Waals surface area contributed by atoms with Crippen LogP contribution in [0.15, 0.2) is 36.1 Å². The number of carbonyl (C=O) groups is 2. The minimum atomic E-state index is -0.911. The summed E-state index contributed by atoms with van der Waals surface area (Å²) in [6, 6.07) is 3.28. The average molecular weight is 396 g/mol. The quantitative estimate of drug-likeness (QED) is 0.331. The fourth-order valence-electron chi connectivity index (χ4n) is 3.35. The SMILES string of the molecule is CC(C)(C)C1=CC(c2ccc(C3=[N+]([O-])C(C)(C)C(C)(C)[N+]3=O)cn2)=CC(=O)C1=O. The van der Waals surface area contributed by atoms with E-state index in [1.807, 2.05) is 20.8 Å². The predicted molar refractivity (Wildman–Crippen MR) is 109 cm³/mol. The molecule has 2 heterocycles. The van der Waals surface area contributed by atoms with Crippen LogP contribution in [0.1, 0.15) is 59.7 Å². The third kappa shape index (κ3) is 3.05. The zero-order valence-corrected chi connectivity index (χ0v) is 17.9. The van der Waals surface area contributed by atoms with Crippen LogP contribution in [0.2, 0.25) is 0 Å². The number of aromatic nitrogens is 1. The maximum Gasteiger partial charge on any atom is 0.506 e. The van der Waals surface area contributed by atoms with Crippen molar-refractivity contribution in [3.05, 3.63) is 57.4 Å². The van der Waals surface area contributed by atoms with Crippen LogP contribution in [-0.4, -0.2) is 43.0 Å². The molecule has 29 heavy (non-hydrogen) atoms. The molecule has 152 valence electrons. The summed E-state index contributed by atoms with van der Waals surface area (Å²) < 4.78 is 1.47. The topological polar surface area (TPSA) is 93.2 Å². The van der Waals surface area contributed by atoms with Gasteiger partial charge in [0.1, 0.15) is 10.3 Å². The number of amidine groups is 1. The summed E-state index contributed by atoms with van der Waals surface area (Å²) in [5.74, 6) is -1.08. The first-order chi connectivity index (χ1) is 13.2. The van der Waals surface area contributed by atoms with E-state index in [2.05, 4.69) is 4.98 Å². The van der Waals surface area contributed by atoms with E-state index in [0.717, 1.165) is 9.50 Å². The zero-order valence-electron chi connectivity index (χ0n) is 17.9. The summed E-state index contributed by atoms with van der Waals surface area (Å²) in [4.78, 5) is 41.5. The number of nitroso groups, excluding NO2 is 1. The van der Waals surface area contributed by atoms with Crippen LogP contribution < -0.4 is 0 Å². The Morgan fingerprint density at radius 3 is 2.07 bits per heavy atom. The molecular weight excluding hydrogens is 370 g/mol. The second-order valence-corrected chi connectivity index (χ2v) is 9.56. The number of pyridine rings is 1. The van der Waals surface area contributed by atoms with Gasteiger partial charge < -0.3 is 5.21 Å². The van der Waals surface area contributed by atoms with E-state index < -0.39 is 28.1 Å². The van der Waals surface area contributed by atoms with Gasteiger partial charge in [-0.25, -0.2) is 0 Å². The van der Waals surface area contributed by atoms with Gasteiger partial charge in [-0.15, -0.1) is 4.74 Å². The molecule has 7 heteroatoms. The van der Waals surface area contributed by atoms with E-state index in [9.17, 15) is 19.7 Å². The predicted octanol–water partition coefficient (Wildman–Crippen LogP) is 3.20. The highest BCUT2D eigenvalue weighted by Crippen LogP contribution is 2.36. The highest BCUT2D eigenvalue weighted by molar-refractivity contribution is 6.50. The molecule has 0 fully saturated rings. The first-order valence-corrected chi connectivity index (χ1v) is 9.50. The van der Waals surface area contributed by atoms with E-state index in [-0.39, 0.29) is 5.84 Å². The second-order valence-electron chi connectivity index (χ2n) is 9.56. The first kappa shape index (κ1) is 20.8. The Labute approximate surface area is 170 Å². The number of hydroxylamine groups is 1. The van der Waals surface area contributed by atoms with Crippen molar-refractivity contribution in [1.29, 1.82) is 0 Å². The highest BCUT2D eigenvalue weighted by Gasteiger charge is 2.68. The Balaban J connectivity index is 2.02. The molecule has 0 amide bonds. The molecule has 0 spiro atoms. The summed E-state index contributed by atoms with van der Waals surface area (Å²) in [6.07, 6.45) is 4.40. The van der Waals surface area contributed by atoms with Crippen molar-refractivity contribution in [3.63, 3.8) is 0 Å². The lowest BCUT2D eigenvalue weighted by Crippen LogP contribution is -2.50. The number of hydrogen-bond donors (Lipinski definition) is 0. The molecule has 3 rings (SSSR count). The van der Waals surface area contributed by atoms with Gasteiger partial charge in [0.25, 0.3) is 5.54 Å². The summed E-state index contributed by atoms with van der Waals surface area (Å²) in [6.45, 7) is 12.5. The first-order valence-electron chi connectivity index (χ1n) is 9.50. The third-order valence-corrected chi connectivity index (χ3v) is 6.08. The van der Waals surface area contributed by atoms with Gasteiger partial charge in [0.15, 0.2) is 0 Å². The normalized spacial score (nSPS) is 21.4. The van der Waals surface area contributed by atoms with Crippen molar-refractivity contribution in [3.8, 4) is 0 Å². The molecule has 0 unspecified atom stereocenters. The van der Waals surface area contributed by atoms with Gasteiger partial charge in [-0.05, 0) is 29.7 Å². The van der Waals surface area contributed by atoms with Gasteiger partial charge in [0, 0.05) is 49.9 Å². The number of nitrogens with zero attached hydrogens (tertiary/aromatic N) is 3. The summed E-state index contributed by atoms with van der Waals surface area (Å²) >= 11 is 0. The van der Waals surface area contributed by atoms with Crippen LogP contribution in [0, 0.1) is 15.5 Å². The number of carbonyl (C=O) groups excluding carboxylic acids is 2. The van der Waals surface area contributed by atoms with E-state index in [4.69, 9.17) is 0 Å². The number of rotatable bonds is 2. The van der Waals surface area contributed by atoms with Gasteiger partial charge in [-0.3, -0.25) is 14.6 Å². The number of allylic oxidation sites excluding steroid dienone is 4. The van der Waals surface area contributed by atoms with Crippen LogP contribution in [0.3, 0.4) is 0 Å². The Kier molecular flexibility index (Phi) is 4.49. The fourth-order valence-corrected chi connectivity index (χ4v) is 3.35. The fraction of sp³-hybridized carbons (Fsp3) is 0.455. The van der Waals surface area contributed by atoms with Crippen molar-refractivity contribution in [2.45, 2.75) is 59.5 Å². The van der Waals surface area contributed by atoms with Crippen LogP contribution >= 0.6 is 0 Å². The Hall–Kier alpha value is -2.96. The number of Topliss-reactive ketones (excluding diaryl/α,β-unsaturated/α-hetero) is 1. The highest BCUT2D eigenvalue weighted by atomic mass is 16.5. The molecule has 1 aliphatic carbocycles. The molecular formula is C22H26N3O4+. The maximum atomic E-state index is 12.8. The van der Waals surface area contributed by atoms with Gasteiger partial charge in [0.05, 0.1) is 5.69 Å². The van der Waals surface area contributed by atoms with Gasteiger partial charge in [-0.1, -0.05) is 20.8 Å². The third-order valence-electron chi connectivity index (χ3n) is 6.08. The van der Waals surface area contributed by atoms with Crippen molar-refractivity contribution in [1.82, 2.24) is 4.98 Å². The van der Waals surface area contributed by atoms with Crippen molar-refractivity contribution >= 4 is 23.0 Å². The lowest BCUT2D eigenvalue weighted by molar-refractivity contribution is -0.555. The summed E-state index contributed by atoms with van der Waals surface area (Å²) in [5, 5.41) is 12.8. The van der Waals surface area contributed by atoms with Gasteiger partial charge in [0.2, 0.25) is 17.1 Å². The molecule has 0 radical (unpaired) electrons. The minimum Gasteiger partial charge on any atom is -0.618 e. The van der Waals surface area contributed by atoms with Crippen LogP contribution in [0.4, 0.5) is 0 Å². The lowest BCUT2D eigenvalue weighted by Gasteiger charge is -2.23. The molecule has 0 atom stereocenters. The molecule has 0 N–H and O–H groups in total. The molecule has 0 saturated carbocycles. The molecule has 1 aromatic heterocycles. The van der Waals surface area contributed by atoms with Crippen LogP contribution in [0.25, 0.3) is 5.57 Å². The van der Waals surface area contributed by atoms with E-state index in [1.54, 1.807) is 45.9 Å². The minimum absolute atomic E-state index is 0.00819. The van der Waals surface area contributed by atoms with Crippen LogP contribution in [0.5, 0.6) is 0 Å². The standard InChI is InChI=1S/C22H26N3O4/c1-20(2,3)15-10-14(11-17(26)18(15)27)16-9-8-13(12-23-16)19-24(28)21(4,5)22(6,7)25(19)29/h8-12H,1-7H3/q+1. The Bertz CT molecular complexity index is 1030. The molecule has 0 saturated heterocycles.